The Morgan fingerprint density at radius 1 is 1.31 bits per heavy atom. The third kappa shape index (κ3) is 9.52. The molecular formula is C12H25N3O. The fraction of sp³-hybridized carbons (Fsp3) is 0.750. The molecule has 4 heteroatoms. The molecule has 4 nitrogen and oxygen atoms in total. The van der Waals surface area contributed by atoms with Crippen molar-refractivity contribution in [2.24, 2.45) is 4.99 Å². The van der Waals surface area contributed by atoms with Crippen LogP contribution in [0.15, 0.2) is 17.6 Å². The van der Waals surface area contributed by atoms with Gasteiger partial charge in [-0.2, -0.15) is 0 Å². The van der Waals surface area contributed by atoms with Crippen LogP contribution < -0.4 is 10.6 Å². The Balaban J connectivity index is 3.62. The lowest BCUT2D eigenvalue weighted by molar-refractivity contribution is 0.144. The van der Waals surface area contributed by atoms with Gasteiger partial charge in [-0.25, -0.2) is 0 Å². The Labute approximate surface area is 99.2 Å². The van der Waals surface area contributed by atoms with Crippen molar-refractivity contribution in [3.8, 4) is 0 Å². The van der Waals surface area contributed by atoms with E-state index in [1.807, 2.05) is 13.0 Å². The summed E-state index contributed by atoms with van der Waals surface area (Å²) in [6, 6.07) is 0. The quantitative estimate of drug-likeness (QED) is 0.272. The number of nitrogens with zero attached hydrogens (tertiary/aromatic N) is 1. The highest BCUT2D eigenvalue weighted by Crippen LogP contribution is 1.90. The molecular weight excluding hydrogens is 202 g/mol. The Kier molecular flexibility index (Phi) is 11.3. The monoisotopic (exact) mass is 227 g/mol. The van der Waals surface area contributed by atoms with Crippen molar-refractivity contribution in [2.75, 3.05) is 32.8 Å². The highest BCUT2D eigenvalue weighted by molar-refractivity contribution is 5.79. The molecule has 94 valence electrons. The Morgan fingerprint density at radius 2 is 2.12 bits per heavy atom. The van der Waals surface area contributed by atoms with Crippen LogP contribution in [0.5, 0.6) is 0 Å². The zero-order valence-corrected chi connectivity index (χ0v) is 10.6. The third-order valence-corrected chi connectivity index (χ3v) is 1.93. The van der Waals surface area contributed by atoms with Gasteiger partial charge in [-0.05, 0) is 26.7 Å². The van der Waals surface area contributed by atoms with Gasteiger partial charge in [0.25, 0.3) is 0 Å². The number of aliphatic imine (C=N–C) groups is 1. The first kappa shape index (κ1) is 15.0. The lowest BCUT2D eigenvalue weighted by Crippen LogP contribution is -2.37. The predicted octanol–water partition coefficient (Wildman–Crippen LogP) is 1.54. The second-order valence-corrected chi connectivity index (χ2v) is 3.33. The molecule has 0 heterocycles. The number of nitrogens with one attached hydrogen (secondary N) is 2. The lowest BCUT2D eigenvalue weighted by Gasteiger charge is -2.09. The van der Waals surface area contributed by atoms with Crippen molar-refractivity contribution < 1.29 is 4.74 Å². The van der Waals surface area contributed by atoms with Crippen LogP contribution in [0, 0.1) is 0 Å². The summed E-state index contributed by atoms with van der Waals surface area (Å²) in [5.74, 6) is 0.860. The first-order chi connectivity index (χ1) is 7.85. The molecule has 0 unspecified atom stereocenters. The molecule has 0 spiro atoms. The van der Waals surface area contributed by atoms with Gasteiger partial charge in [0.05, 0.1) is 0 Å². The molecule has 16 heavy (non-hydrogen) atoms. The molecule has 0 bridgehead atoms. The van der Waals surface area contributed by atoms with Crippen LogP contribution in [0.4, 0.5) is 0 Å². The van der Waals surface area contributed by atoms with Crippen LogP contribution in [0.25, 0.3) is 0 Å². The fourth-order valence-corrected chi connectivity index (χ4v) is 1.16. The molecule has 0 aliphatic rings. The summed E-state index contributed by atoms with van der Waals surface area (Å²) in [5.41, 5.74) is 0. The average molecular weight is 227 g/mol. The maximum atomic E-state index is 5.26. The number of ether oxygens (including phenoxy) is 1. The highest BCUT2D eigenvalue weighted by Gasteiger charge is 1.93. The zero-order chi connectivity index (χ0) is 12.1. The maximum Gasteiger partial charge on any atom is 0.191 e. The smallest absolute Gasteiger partial charge is 0.191 e. The van der Waals surface area contributed by atoms with Crippen molar-refractivity contribution in [3.05, 3.63) is 12.7 Å². The van der Waals surface area contributed by atoms with Crippen molar-refractivity contribution in [2.45, 2.75) is 26.7 Å². The van der Waals surface area contributed by atoms with Crippen LogP contribution in [-0.4, -0.2) is 38.8 Å². The summed E-state index contributed by atoms with van der Waals surface area (Å²) in [7, 11) is 0. The fourth-order valence-electron chi connectivity index (χ4n) is 1.16. The standard InChI is InChI=1S/C12H25N3O/c1-4-9-14-12(13-5-2)15-10-7-8-11-16-6-3/h4H,1,5-11H2,2-3H3,(H2,13,14,15). The molecule has 0 saturated heterocycles. The molecule has 0 atom stereocenters. The summed E-state index contributed by atoms with van der Waals surface area (Å²) in [4.78, 5) is 4.44. The first-order valence-electron chi connectivity index (χ1n) is 6.06. The van der Waals surface area contributed by atoms with E-state index < -0.39 is 0 Å². The van der Waals surface area contributed by atoms with Crippen LogP contribution in [-0.2, 0) is 4.74 Å². The summed E-state index contributed by atoms with van der Waals surface area (Å²) >= 11 is 0. The Morgan fingerprint density at radius 3 is 2.75 bits per heavy atom. The summed E-state index contributed by atoms with van der Waals surface area (Å²) in [6.07, 6.45) is 3.95. The third-order valence-electron chi connectivity index (χ3n) is 1.93. The van der Waals surface area contributed by atoms with E-state index in [1.54, 1.807) is 0 Å². The van der Waals surface area contributed by atoms with Crippen molar-refractivity contribution in [1.82, 2.24) is 10.6 Å². The predicted molar refractivity (Wildman–Crippen MR) is 69.9 cm³/mol. The largest absolute Gasteiger partial charge is 0.382 e. The normalized spacial score (nSPS) is 11.2. The van der Waals surface area contributed by atoms with E-state index in [1.165, 1.54) is 0 Å². The number of unbranched alkanes of at least 4 members (excludes halogenated alkanes) is 1. The Bertz CT molecular complexity index is 193. The van der Waals surface area contributed by atoms with Gasteiger partial charge < -0.3 is 15.4 Å². The van der Waals surface area contributed by atoms with Gasteiger partial charge in [-0.3, -0.25) is 4.99 Å². The topological polar surface area (TPSA) is 45.7 Å². The van der Waals surface area contributed by atoms with Gasteiger partial charge in [0.1, 0.15) is 0 Å². The number of hydrogen-bond donors (Lipinski definition) is 2. The second-order valence-electron chi connectivity index (χ2n) is 3.33. The van der Waals surface area contributed by atoms with Crippen molar-refractivity contribution >= 4 is 5.96 Å². The summed E-state index contributed by atoms with van der Waals surface area (Å²) in [6.45, 7) is 11.8. The molecule has 2 N–H and O–H groups in total. The van der Waals surface area contributed by atoms with Gasteiger partial charge in [-0.15, -0.1) is 6.58 Å². The van der Waals surface area contributed by atoms with E-state index in [0.717, 1.165) is 51.6 Å². The zero-order valence-electron chi connectivity index (χ0n) is 10.6. The van der Waals surface area contributed by atoms with Crippen LogP contribution in [0.3, 0.4) is 0 Å². The molecule has 0 aromatic heterocycles. The van der Waals surface area contributed by atoms with E-state index in [9.17, 15) is 0 Å². The van der Waals surface area contributed by atoms with Crippen LogP contribution in [0.1, 0.15) is 26.7 Å². The van der Waals surface area contributed by atoms with Crippen molar-refractivity contribution in [3.63, 3.8) is 0 Å². The van der Waals surface area contributed by atoms with Crippen molar-refractivity contribution in [1.29, 1.82) is 0 Å². The number of rotatable bonds is 9. The molecule has 0 aliphatic carbocycles. The van der Waals surface area contributed by atoms with Gasteiger partial charge in [0, 0.05) is 32.8 Å². The van der Waals surface area contributed by atoms with Crippen LogP contribution >= 0.6 is 0 Å². The summed E-state index contributed by atoms with van der Waals surface area (Å²) < 4.78 is 5.26. The molecule has 0 saturated carbocycles. The molecule has 0 radical (unpaired) electrons. The lowest BCUT2D eigenvalue weighted by atomic mass is 10.3. The number of guanidine groups is 1. The van der Waals surface area contributed by atoms with Gasteiger partial charge in [0.15, 0.2) is 5.96 Å². The maximum absolute atomic E-state index is 5.26. The van der Waals surface area contributed by atoms with Gasteiger partial charge in [0.2, 0.25) is 0 Å². The minimum atomic E-state index is 0.741. The second kappa shape index (κ2) is 12.0. The average Bonchev–Trinajstić information content (AvgIpc) is 2.30. The molecule has 0 aromatic carbocycles. The Hall–Kier alpha value is -1.03. The van der Waals surface area contributed by atoms with E-state index in [4.69, 9.17) is 4.74 Å². The molecule has 0 fully saturated rings. The van der Waals surface area contributed by atoms with Gasteiger partial charge in [-0.1, -0.05) is 6.08 Å². The van der Waals surface area contributed by atoms with Crippen LogP contribution in [0.2, 0.25) is 0 Å². The molecule has 0 aliphatic heterocycles. The van der Waals surface area contributed by atoms with E-state index >= 15 is 0 Å². The van der Waals surface area contributed by atoms with E-state index in [0.29, 0.717) is 0 Å². The molecule has 0 aromatic rings. The molecule has 0 amide bonds. The number of hydrogen-bond acceptors (Lipinski definition) is 2. The van der Waals surface area contributed by atoms with Gasteiger partial charge >= 0.3 is 0 Å². The first-order valence-corrected chi connectivity index (χ1v) is 6.06. The van der Waals surface area contributed by atoms with E-state index in [-0.39, 0.29) is 0 Å². The molecule has 0 rings (SSSR count). The minimum absolute atomic E-state index is 0.741. The SMILES string of the molecule is C=CCNC(=NCCCCOCC)NCC. The summed E-state index contributed by atoms with van der Waals surface area (Å²) in [5, 5.41) is 6.34. The minimum Gasteiger partial charge on any atom is -0.382 e. The highest BCUT2D eigenvalue weighted by atomic mass is 16.5. The van der Waals surface area contributed by atoms with E-state index in [2.05, 4.69) is 29.1 Å².